The van der Waals surface area contributed by atoms with Crippen molar-refractivity contribution in [2.45, 2.75) is 86.6 Å². The predicted molar refractivity (Wildman–Crippen MR) is 131 cm³/mol. The van der Waals surface area contributed by atoms with Gasteiger partial charge >= 0.3 is 0 Å². The largest absolute Gasteiger partial charge is 0.354 e. The minimum atomic E-state index is -0.423. The van der Waals surface area contributed by atoms with Crippen LogP contribution in [0.3, 0.4) is 0 Å². The van der Waals surface area contributed by atoms with Crippen molar-refractivity contribution in [2.24, 2.45) is 5.92 Å². The molecule has 0 aromatic heterocycles. The number of nitrogens with zero attached hydrogens (tertiary/aromatic N) is 1. The van der Waals surface area contributed by atoms with Gasteiger partial charge in [0.2, 0.25) is 5.91 Å². The Kier molecular flexibility index (Phi) is 13.8. The van der Waals surface area contributed by atoms with Gasteiger partial charge in [-0.1, -0.05) is 77.8 Å². The SMILES string of the molecule is C.C=C(C)CN(C(=O)c1ccccc1C)C(C(=O)NCCCC)C1CCCC1.CC.[HH]. The predicted octanol–water partition coefficient (Wildman–Crippen LogP) is 6.40. The van der Waals surface area contributed by atoms with E-state index in [1.165, 1.54) is 0 Å². The monoisotopic (exact) mass is 418 g/mol. The summed E-state index contributed by atoms with van der Waals surface area (Å²) in [5, 5.41) is 3.07. The highest BCUT2D eigenvalue weighted by Gasteiger charge is 2.38. The Morgan fingerprint density at radius 1 is 1.23 bits per heavy atom. The molecule has 0 spiro atoms. The first kappa shape index (κ1) is 27.9. The van der Waals surface area contributed by atoms with Crippen molar-refractivity contribution in [3.63, 3.8) is 0 Å². The zero-order valence-electron chi connectivity index (χ0n) is 19.1. The van der Waals surface area contributed by atoms with E-state index in [1.54, 1.807) is 4.90 Å². The van der Waals surface area contributed by atoms with Crippen LogP contribution in [-0.4, -0.2) is 35.8 Å². The van der Waals surface area contributed by atoms with Gasteiger partial charge in [-0.2, -0.15) is 0 Å². The van der Waals surface area contributed by atoms with Crippen LogP contribution in [0.15, 0.2) is 36.4 Å². The van der Waals surface area contributed by atoms with Gasteiger partial charge in [0.05, 0.1) is 0 Å². The summed E-state index contributed by atoms with van der Waals surface area (Å²) in [7, 11) is 0. The minimum Gasteiger partial charge on any atom is -0.354 e. The van der Waals surface area contributed by atoms with Crippen LogP contribution in [0.5, 0.6) is 0 Å². The summed E-state index contributed by atoms with van der Waals surface area (Å²) in [4.78, 5) is 28.3. The number of hydrogen-bond donors (Lipinski definition) is 1. The standard InChI is InChI=1S/C23H34N2O2.C2H6.CH4.H2/c1-5-6-15-24-22(26)21(19-12-8-9-13-19)25(16-17(2)3)23(27)20-14-10-7-11-18(20)4;1-2;;/h7,10-11,14,19,21H,2,5-6,8-9,12-13,15-16H2,1,3-4H3,(H,24,26);1-2H3;1H4;1H. The number of nitrogens with one attached hydrogen (secondary N) is 1. The minimum absolute atomic E-state index is 0. The molecule has 4 nitrogen and oxygen atoms in total. The second-order valence-electron chi connectivity index (χ2n) is 7.84. The summed E-state index contributed by atoms with van der Waals surface area (Å²) in [5.41, 5.74) is 2.50. The highest BCUT2D eigenvalue weighted by atomic mass is 16.2. The maximum atomic E-state index is 13.4. The highest BCUT2D eigenvalue weighted by molar-refractivity contribution is 5.99. The Morgan fingerprint density at radius 3 is 2.37 bits per heavy atom. The molecule has 1 atom stereocenters. The van der Waals surface area contributed by atoms with Crippen LogP contribution in [0.1, 0.15) is 91.0 Å². The van der Waals surface area contributed by atoms with Crippen LogP contribution in [0.4, 0.5) is 0 Å². The summed E-state index contributed by atoms with van der Waals surface area (Å²) >= 11 is 0. The normalized spacial score (nSPS) is 14.0. The maximum Gasteiger partial charge on any atom is 0.255 e. The molecule has 1 saturated carbocycles. The molecule has 0 heterocycles. The second-order valence-corrected chi connectivity index (χ2v) is 7.84. The molecule has 30 heavy (non-hydrogen) atoms. The van der Waals surface area contributed by atoms with Crippen LogP contribution in [0.2, 0.25) is 0 Å². The molecular weight excluding hydrogens is 372 g/mol. The van der Waals surface area contributed by atoms with E-state index >= 15 is 0 Å². The van der Waals surface area contributed by atoms with Gasteiger partial charge in [0.15, 0.2) is 0 Å². The number of unbranched alkanes of at least 4 members (excludes halogenated alkanes) is 1. The van der Waals surface area contributed by atoms with E-state index in [4.69, 9.17) is 0 Å². The molecule has 0 bridgehead atoms. The van der Waals surface area contributed by atoms with Crippen molar-refractivity contribution in [1.82, 2.24) is 10.2 Å². The summed E-state index contributed by atoms with van der Waals surface area (Å²) in [6.07, 6.45) is 6.24. The van der Waals surface area contributed by atoms with Crippen LogP contribution in [0.25, 0.3) is 0 Å². The van der Waals surface area contributed by atoms with Gasteiger partial charge in [-0.15, -0.1) is 0 Å². The van der Waals surface area contributed by atoms with E-state index in [0.29, 0.717) is 18.7 Å². The third-order valence-electron chi connectivity index (χ3n) is 5.36. The fourth-order valence-electron chi connectivity index (χ4n) is 3.93. The Hall–Kier alpha value is -2.10. The Labute approximate surface area is 186 Å². The first-order valence-electron chi connectivity index (χ1n) is 11.2. The van der Waals surface area contributed by atoms with Crippen molar-refractivity contribution in [1.29, 1.82) is 0 Å². The second kappa shape index (κ2) is 14.8. The van der Waals surface area contributed by atoms with Crippen molar-refractivity contribution < 1.29 is 11.0 Å². The lowest BCUT2D eigenvalue weighted by molar-refractivity contribution is -0.127. The van der Waals surface area contributed by atoms with E-state index in [9.17, 15) is 9.59 Å². The molecule has 4 heteroatoms. The van der Waals surface area contributed by atoms with E-state index < -0.39 is 6.04 Å². The number of carbonyl (C=O) groups excluding carboxylic acids is 2. The Morgan fingerprint density at radius 2 is 1.83 bits per heavy atom. The average Bonchev–Trinajstić information content (AvgIpc) is 3.23. The molecule has 0 aliphatic heterocycles. The number of hydrogen-bond acceptors (Lipinski definition) is 2. The van der Waals surface area contributed by atoms with Gasteiger partial charge in [0, 0.05) is 20.1 Å². The number of aryl methyl sites for hydroxylation is 1. The Balaban J connectivity index is 0. The molecular formula is C26H46N2O2. The van der Waals surface area contributed by atoms with Gasteiger partial charge in [0.25, 0.3) is 5.91 Å². The molecule has 1 aliphatic rings. The lowest BCUT2D eigenvalue weighted by atomic mass is 9.94. The average molecular weight is 419 g/mol. The molecule has 2 amide bonds. The van der Waals surface area contributed by atoms with Crippen LogP contribution in [0, 0.1) is 12.8 Å². The third kappa shape index (κ3) is 7.97. The van der Waals surface area contributed by atoms with Gasteiger partial charge in [0.1, 0.15) is 6.04 Å². The van der Waals surface area contributed by atoms with Crippen molar-refractivity contribution in [2.75, 3.05) is 13.1 Å². The van der Waals surface area contributed by atoms with Crippen LogP contribution in [-0.2, 0) is 4.79 Å². The molecule has 0 saturated heterocycles. The molecule has 1 aromatic carbocycles. The molecule has 172 valence electrons. The zero-order chi connectivity index (χ0) is 21.8. The summed E-state index contributed by atoms with van der Waals surface area (Å²) in [6.45, 7) is 15.1. The quantitative estimate of drug-likeness (QED) is 0.373. The van der Waals surface area contributed by atoms with E-state index in [0.717, 1.165) is 49.7 Å². The maximum absolute atomic E-state index is 13.4. The molecule has 0 radical (unpaired) electrons. The highest BCUT2D eigenvalue weighted by Crippen LogP contribution is 2.32. The van der Waals surface area contributed by atoms with Crippen molar-refractivity contribution >= 4 is 11.8 Å². The third-order valence-corrected chi connectivity index (χ3v) is 5.36. The fraction of sp³-hybridized carbons (Fsp3) is 0.615. The molecule has 1 N–H and O–H groups in total. The lowest BCUT2D eigenvalue weighted by Gasteiger charge is -2.35. The van der Waals surface area contributed by atoms with Gasteiger partial charge < -0.3 is 10.2 Å². The lowest BCUT2D eigenvalue weighted by Crippen LogP contribution is -2.53. The zero-order valence-corrected chi connectivity index (χ0v) is 19.1. The Bertz CT molecular complexity index is 669. The number of carbonyl (C=O) groups is 2. The summed E-state index contributed by atoms with van der Waals surface area (Å²) in [6, 6.07) is 7.18. The summed E-state index contributed by atoms with van der Waals surface area (Å²) < 4.78 is 0. The number of amides is 2. The molecule has 1 aromatic rings. The van der Waals surface area contributed by atoms with Crippen LogP contribution >= 0.6 is 0 Å². The topological polar surface area (TPSA) is 49.4 Å². The number of rotatable bonds is 9. The fourth-order valence-corrected chi connectivity index (χ4v) is 3.93. The van der Waals surface area contributed by atoms with Crippen molar-refractivity contribution in [3.05, 3.63) is 47.5 Å². The molecule has 2 rings (SSSR count). The molecule has 1 fully saturated rings. The van der Waals surface area contributed by atoms with Gasteiger partial charge in [-0.3, -0.25) is 9.59 Å². The number of benzene rings is 1. The van der Waals surface area contributed by atoms with E-state index in [-0.39, 0.29) is 26.6 Å². The summed E-state index contributed by atoms with van der Waals surface area (Å²) in [5.74, 6) is 0.135. The first-order valence-corrected chi connectivity index (χ1v) is 11.2. The van der Waals surface area contributed by atoms with E-state index in [2.05, 4.69) is 18.8 Å². The molecule has 1 aliphatic carbocycles. The van der Waals surface area contributed by atoms with Crippen molar-refractivity contribution in [3.8, 4) is 0 Å². The van der Waals surface area contributed by atoms with Gasteiger partial charge in [-0.25, -0.2) is 0 Å². The molecule has 1 unspecified atom stereocenters. The smallest absolute Gasteiger partial charge is 0.255 e. The van der Waals surface area contributed by atoms with Gasteiger partial charge in [-0.05, 0) is 50.7 Å². The van der Waals surface area contributed by atoms with E-state index in [1.807, 2.05) is 52.0 Å². The first-order chi connectivity index (χ1) is 14.0. The van der Waals surface area contributed by atoms with Crippen LogP contribution < -0.4 is 5.32 Å².